The molecular weight excluding hydrogens is 222 g/mol. The van der Waals surface area contributed by atoms with Gasteiger partial charge >= 0.3 is 0 Å². The van der Waals surface area contributed by atoms with Crippen molar-refractivity contribution < 1.29 is 9.53 Å². The topological polar surface area (TPSA) is 29.5 Å². The first kappa shape index (κ1) is 11.6. The lowest BCUT2D eigenvalue weighted by molar-refractivity contribution is -0.0748. The molecular formula is C12H17NO2S. The highest BCUT2D eigenvalue weighted by atomic mass is 32.1. The molecule has 1 aliphatic heterocycles. The zero-order valence-corrected chi connectivity index (χ0v) is 10.7. The summed E-state index contributed by atoms with van der Waals surface area (Å²) in [5, 5.41) is 1.16. The zero-order valence-electron chi connectivity index (χ0n) is 9.90. The number of carbonyl (C=O) groups excluding carboxylic acids is 1. The van der Waals surface area contributed by atoms with Gasteiger partial charge in [-0.05, 0) is 32.9 Å². The first-order chi connectivity index (χ1) is 7.50. The van der Waals surface area contributed by atoms with Gasteiger partial charge in [-0.25, -0.2) is 0 Å². The lowest BCUT2D eigenvalue weighted by atomic mass is 10.1. The molecule has 0 radical (unpaired) electrons. The molecule has 1 saturated heterocycles. The maximum Gasteiger partial charge on any atom is 0.160 e. The van der Waals surface area contributed by atoms with E-state index in [1.165, 1.54) is 0 Å². The molecule has 4 heteroatoms. The van der Waals surface area contributed by atoms with Crippen LogP contribution in [0.3, 0.4) is 0 Å². The predicted octanol–water partition coefficient (Wildman–Crippen LogP) is 2.56. The second kappa shape index (κ2) is 4.18. The third-order valence-electron chi connectivity index (χ3n) is 2.61. The van der Waals surface area contributed by atoms with Crippen molar-refractivity contribution in [3.8, 4) is 0 Å². The Morgan fingerprint density at radius 3 is 2.88 bits per heavy atom. The maximum atomic E-state index is 10.7. The van der Waals surface area contributed by atoms with Crippen LogP contribution in [0.2, 0.25) is 0 Å². The molecule has 2 heterocycles. The van der Waals surface area contributed by atoms with Gasteiger partial charge in [-0.3, -0.25) is 4.79 Å². The van der Waals surface area contributed by atoms with E-state index in [9.17, 15) is 4.79 Å². The molecule has 1 atom stereocenters. The van der Waals surface area contributed by atoms with E-state index in [0.717, 1.165) is 29.3 Å². The average molecular weight is 239 g/mol. The Bertz CT molecular complexity index is 386. The molecule has 3 nitrogen and oxygen atoms in total. The van der Waals surface area contributed by atoms with E-state index in [2.05, 4.69) is 25.7 Å². The van der Waals surface area contributed by atoms with Crippen LogP contribution in [-0.4, -0.2) is 31.1 Å². The van der Waals surface area contributed by atoms with Gasteiger partial charge in [0, 0.05) is 13.1 Å². The summed E-state index contributed by atoms with van der Waals surface area (Å²) in [5.74, 6) is 0. The van der Waals surface area contributed by atoms with Gasteiger partial charge in [0.1, 0.15) is 0 Å². The largest absolute Gasteiger partial charge is 0.369 e. The van der Waals surface area contributed by atoms with Gasteiger partial charge in [-0.2, -0.15) is 0 Å². The number of hydrogen-bond acceptors (Lipinski definition) is 4. The number of hydrogen-bond donors (Lipinski definition) is 0. The summed E-state index contributed by atoms with van der Waals surface area (Å²) in [5.41, 5.74) is -0.122. The lowest BCUT2D eigenvalue weighted by Crippen LogP contribution is -2.51. The molecule has 1 aromatic rings. The van der Waals surface area contributed by atoms with E-state index in [-0.39, 0.29) is 11.7 Å². The molecule has 1 aliphatic rings. The van der Waals surface area contributed by atoms with Crippen LogP contribution in [0.4, 0.5) is 5.00 Å². The minimum Gasteiger partial charge on any atom is -0.369 e. The summed E-state index contributed by atoms with van der Waals surface area (Å²) >= 11 is 1.54. The average Bonchev–Trinajstić information content (AvgIpc) is 2.62. The van der Waals surface area contributed by atoms with Crippen LogP contribution >= 0.6 is 11.3 Å². The summed E-state index contributed by atoms with van der Waals surface area (Å²) in [7, 11) is 0. The summed E-state index contributed by atoms with van der Waals surface area (Å²) in [4.78, 5) is 13.7. The molecule has 88 valence electrons. The number of rotatable bonds is 2. The highest BCUT2D eigenvalue weighted by Gasteiger charge is 2.31. The van der Waals surface area contributed by atoms with Crippen LogP contribution in [-0.2, 0) is 4.74 Å². The van der Waals surface area contributed by atoms with Gasteiger partial charge in [0.15, 0.2) is 6.29 Å². The Kier molecular flexibility index (Phi) is 3.04. The quantitative estimate of drug-likeness (QED) is 0.743. The van der Waals surface area contributed by atoms with Gasteiger partial charge in [-0.1, -0.05) is 0 Å². The molecule has 2 rings (SSSR count). The number of anilines is 1. The first-order valence-electron chi connectivity index (χ1n) is 5.48. The smallest absolute Gasteiger partial charge is 0.160 e. The van der Waals surface area contributed by atoms with E-state index in [4.69, 9.17) is 4.74 Å². The van der Waals surface area contributed by atoms with Gasteiger partial charge in [0.05, 0.1) is 21.6 Å². The fraction of sp³-hybridized carbons (Fsp3) is 0.583. The fourth-order valence-corrected chi connectivity index (χ4v) is 3.03. The second-order valence-corrected chi connectivity index (χ2v) is 5.96. The molecule has 1 fully saturated rings. The van der Waals surface area contributed by atoms with Crippen molar-refractivity contribution in [3.05, 3.63) is 17.0 Å². The van der Waals surface area contributed by atoms with Crippen molar-refractivity contribution in [2.24, 2.45) is 0 Å². The highest BCUT2D eigenvalue weighted by molar-refractivity contribution is 7.17. The normalized spacial score (nSPS) is 24.4. The van der Waals surface area contributed by atoms with Gasteiger partial charge < -0.3 is 9.64 Å². The molecule has 0 N–H and O–H groups in total. The molecule has 0 saturated carbocycles. The number of morpholine rings is 1. The van der Waals surface area contributed by atoms with E-state index in [1.54, 1.807) is 11.3 Å². The number of aldehydes is 1. The molecule has 16 heavy (non-hydrogen) atoms. The van der Waals surface area contributed by atoms with Crippen molar-refractivity contribution in [1.82, 2.24) is 0 Å². The molecule has 0 aliphatic carbocycles. The van der Waals surface area contributed by atoms with Crippen molar-refractivity contribution in [1.29, 1.82) is 0 Å². The van der Waals surface area contributed by atoms with Crippen LogP contribution < -0.4 is 4.90 Å². The summed E-state index contributed by atoms with van der Waals surface area (Å²) in [6.07, 6.45) is 1.13. The van der Waals surface area contributed by atoms with E-state index in [1.807, 2.05) is 12.1 Å². The maximum absolute atomic E-state index is 10.7. The third-order valence-corrected chi connectivity index (χ3v) is 3.68. The summed E-state index contributed by atoms with van der Waals surface area (Å²) in [6.45, 7) is 8.05. The van der Waals surface area contributed by atoms with Crippen LogP contribution in [0.1, 0.15) is 30.4 Å². The highest BCUT2D eigenvalue weighted by Crippen LogP contribution is 2.30. The van der Waals surface area contributed by atoms with Gasteiger partial charge in [0.25, 0.3) is 0 Å². The Labute approximate surface area is 100 Å². The van der Waals surface area contributed by atoms with E-state index in [0.29, 0.717) is 0 Å². The van der Waals surface area contributed by atoms with Gasteiger partial charge in [0.2, 0.25) is 0 Å². The second-order valence-electron chi connectivity index (χ2n) is 4.86. The third kappa shape index (κ3) is 2.44. The number of nitrogens with zero attached hydrogens (tertiary/aromatic N) is 1. The van der Waals surface area contributed by atoms with Gasteiger partial charge in [-0.15, -0.1) is 11.3 Å². The Morgan fingerprint density at radius 1 is 1.56 bits per heavy atom. The fourth-order valence-electron chi connectivity index (χ4n) is 2.20. The van der Waals surface area contributed by atoms with Crippen LogP contribution in [0.25, 0.3) is 0 Å². The minimum atomic E-state index is -0.122. The molecule has 1 unspecified atom stereocenters. The predicted molar refractivity (Wildman–Crippen MR) is 66.5 cm³/mol. The molecule has 0 spiro atoms. The molecule has 0 aromatic carbocycles. The lowest BCUT2D eigenvalue weighted by Gasteiger charge is -2.42. The monoisotopic (exact) mass is 239 g/mol. The van der Waals surface area contributed by atoms with Crippen LogP contribution in [0.5, 0.6) is 0 Å². The van der Waals surface area contributed by atoms with Crippen molar-refractivity contribution >= 4 is 22.6 Å². The Hall–Kier alpha value is -0.870. The van der Waals surface area contributed by atoms with E-state index < -0.39 is 0 Å². The van der Waals surface area contributed by atoms with Crippen molar-refractivity contribution in [2.45, 2.75) is 32.5 Å². The number of ether oxygens (including phenoxy) is 1. The molecule has 0 amide bonds. The number of carbonyl (C=O) groups is 1. The van der Waals surface area contributed by atoms with Crippen molar-refractivity contribution in [2.75, 3.05) is 18.0 Å². The standard InChI is InChI=1S/C12H17NO2S/c1-9-6-13(8-12(2,3)15-9)11-5-4-10(7-14)16-11/h4-5,7,9H,6,8H2,1-3H3. The van der Waals surface area contributed by atoms with E-state index >= 15 is 0 Å². The van der Waals surface area contributed by atoms with Crippen molar-refractivity contribution in [3.63, 3.8) is 0 Å². The first-order valence-corrected chi connectivity index (χ1v) is 6.29. The summed E-state index contributed by atoms with van der Waals surface area (Å²) in [6, 6.07) is 3.89. The molecule has 1 aromatic heterocycles. The SMILES string of the molecule is CC1CN(c2ccc(C=O)s2)CC(C)(C)O1. The van der Waals surface area contributed by atoms with Crippen LogP contribution in [0.15, 0.2) is 12.1 Å². The Morgan fingerprint density at radius 2 is 2.31 bits per heavy atom. The summed E-state index contributed by atoms with van der Waals surface area (Å²) < 4.78 is 5.85. The minimum absolute atomic E-state index is 0.122. The Balaban J connectivity index is 2.17. The zero-order chi connectivity index (χ0) is 11.8. The number of thiophene rings is 1. The van der Waals surface area contributed by atoms with Crippen LogP contribution in [0, 0.1) is 0 Å². The molecule has 0 bridgehead atoms.